The summed E-state index contributed by atoms with van der Waals surface area (Å²) in [5.41, 5.74) is 8.05. The maximum absolute atomic E-state index is 12.4. The summed E-state index contributed by atoms with van der Waals surface area (Å²) in [5.74, 6) is -0.0567. The van der Waals surface area contributed by atoms with Crippen molar-refractivity contribution in [1.29, 1.82) is 5.41 Å². The van der Waals surface area contributed by atoms with Gasteiger partial charge in [-0.15, -0.1) is 0 Å². The first kappa shape index (κ1) is 15.1. The minimum atomic E-state index is -3.63. The SMILES string of the molecule is Cc1ccc(S(=O)(=O)Nc2ccc(C(=N)N)cc2)c(C)c1. The number of amidine groups is 1. The molecule has 0 unspecified atom stereocenters. The molecule has 110 valence electrons. The largest absolute Gasteiger partial charge is 0.384 e. The van der Waals surface area contributed by atoms with E-state index in [-0.39, 0.29) is 10.7 Å². The number of nitrogens with one attached hydrogen (secondary N) is 2. The highest BCUT2D eigenvalue weighted by molar-refractivity contribution is 7.92. The quantitative estimate of drug-likeness (QED) is 0.597. The molecule has 0 aliphatic carbocycles. The monoisotopic (exact) mass is 303 g/mol. The maximum Gasteiger partial charge on any atom is 0.262 e. The Hall–Kier alpha value is -2.34. The number of hydrogen-bond acceptors (Lipinski definition) is 3. The number of anilines is 1. The smallest absolute Gasteiger partial charge is 0.262 e. The molecule has 0 saturated heterocycles. The van der Waals surface area contributed by atoms with Crippen molar-refractivity contribution in [3.8, 4) is 0 Å². The lowest BCUT2D eigenvalue weighted by Crippen LogP contribution is -2.15. The third kappa shape index (κ3) is 3.41. The molecule has 0 aromatic heterocycles. The standard InChI is InChI=1S/C15H17N3O2S/c1-10-3-8-14(11(2)9-10)21(19,20)18-13-6-4-12(5-7-13)15(16)17/h3-9,18H,1-2H3,(H3,16,17). The van der Waals surface area contributed by atoms with E-state index < -0.39 is 10.0 Å². The zero-order valence-corrected chi connectivity index (χ0v) is 12.7. The first-order chi connectivity index (χ1) is 9.79. The first-order valence-corrected chi connectivity index (χ1v) is 7.82. The second kappa shape index (κ2) is 5.57. The Morgan fingerprint density at radius 2 is 1.71 bits per heavy atom. The van der Waals surface area contributed by atoms with Gasteiger partial charge in [0.25, 0.3) is 10.0 Å². The molecule has 0 bridgehead atoms. The van der Waals surface area contributed by atoms with Crippen LogP contribution in [0.5, 0.6) is 0 Å². The van der Waals surface area contributed by atoms with Gasteiger partial charge in [0.15, 0.2) is 0 Å². The van der Waals surface area contributed by atoms with Gasteiger partial charge >= 0.3 is 0 Å². The van der Waals surface area contributed by atoms with Gasteiger partial charge in [-0.1, -0.05) is 17.7 Å². The summed E-state index contributed by atoms with van der Waals surface area (Å²) in [5, 5.41) is 7.31. The predicted octanol–water partition coefficient (Wildman–Crippen LogP) is 2.39. The van der Waals surface area contributed by atoms with E-state index in [9.17, 15) is 8.42 Å². The Balaban J connectivity index is 2.30. The van der Waals surface area contributed by atoms with Crippen molar-refractivity contribution in [3.63, 3.8) is 0 Å². The third-order valence-corrected chi connectivity index (χ3v) is 4.61. The second-order valence-electron chi connectivity index (χ2n) is 4.87. The molecule has 4 N–H and O–H groups in total. The molecule has 21 heavy (non-hydrogen) atoms. The van der Waals surface area contributed by atoms with Gasteiger partial charge in [-0.05, 0) is 49.7 Å². The van der Waals surface area contributed by atoms with Gasteiger partial charge in [-0.25, -0.2) is 8.42 Å². The van der Waals surface area contributed by atoms with Crippen LogP contribution >= 0.6 is 0 Å². The molecule has 2 aromatic carbocycles. The fraction of sp³-hybridized carbons (Fsp3) is 0.133. The summed E-state index contributed by atoms with van der Waals surface area (Å²) in [6.07, 6.45) is 0. The minimum Gasteiger partial charge on any atom is -0.384 e. The third-order valence-electron chi connectivity index (χ3n) is 3.07. The van der Waals surface area contributed by atoms with Crippen LogP contribution in [0, 0.1) is 19.3 Å². The molecule has 6 heteroatoms. The Morgan fingerprint density at radius 1 is 1.10 bits per heavy atom. The van der Waals surface area contributed by atoms with E-state index in [1.54, 1.807) is 43.3 Å². The van der Waals surface area contributed by atoms with E-state index in [0.717, 1.165) is 5.56 Å². The van der Waals surface area contributed by atoms with Crippen molar-refractivity contribution in [3.05, 3.63) is 59.2 Å². The molecular weight excluding hydrogens is 286 g/mol. The Bertz CT molecular complexity index is 781. The summed E-state index contributed by atoms with van der Waals surface area (Å²) in [7, 11) is -3.63. The van der Waals surface area contributed by atoms with Gasteiger partial charge < -0.3 is 5.73 Å². The highest BCUT2D eigenvalue weighted by Gasteiger charge is 2.16. The van der Waals surface area contributed by atoms with E-state index in [2.05, 4.69) is 4.72 Å². The molecule has 0 aliphatic heterocycles. The maximum atomic E-state index is 12.4. The summed E-state index contributed by atoms with van der Waals surface area (Å²) in [6, 6.07) is 11.5. The lowest BCUT2D eigenvalue weighted by atomic mass is 10.2. The molecule has 0 atom stereocenters. The van der Waals surface area contributed by atoms with Crippen LogP contribution in [0.3, 0.4) is 0 Å². The van der Waals surface area contributed by atoms with Crippen molar-refractivity contribution in [1.82, 2.24) is 0 Å². The lowest BCUT2D eigenvalue weighted by molar-refractivity contribution is 0.600. The zero-order chi connectivity index (χ0) is 15.6. The molecule has 0 saturated carbocycles. The number of sulfonamides is 1. The van der Waals surface area contributed by atoms with Gasteiger partial charge in [0.1, 0.15) is 5.84 Å². The predicted molar refractivity (Wildman–Crippen MR) is 84.2 cm³/mol. The fourth-order valence-electron chi connectivity index (χ4n) is 2.03. The first-order valence-electron chi connectivity index (χ1n) is 6.34. The van der Waals surface area contributed by atoms with Crippen LogP contribution in [-0.4, -0.2) is 14.3 Å². The minimum absolute atomic E-state index is 0.0567. The Kier molecular flexibility index (Phi) is 3.99. The van der Waals surface area contributed by atoms with Crippen LogP contribution in [0.25, 0.3) is 0 Å². The van der Waals surface area contributed by atoms with Gasteiger partial charge in [0, 0.05) is 11.3 Å². The Morgan fingerprint density at radius 3 is 2.24 bits per heavy atom. The van der Waals surface area contributed by atoms with Crippen LogP contribution in [0.1, 0.15) is 16.7 Å². The summed E-state index contributed by atoms with van der Waals surface area (Å²) >= 11 is 0. The topological polar surface area (TPSA) is 96.0 Å². The second-order valence-corrected chi connectivity index (χ2v) is 6.52. The van der Waals surface area contributed by atoms with Crippen LogP contribution in [0.2, 0.25) is 0 Å². The molecule has 5 nitrogen and oxygen atoms in total. The van der Waals surface area contributed by atoms with Crippen LogP contribution in [0.15, 0.2) is 47.4 Å². The molecular formula is C15H17N3O2S. The van der Waals surface area contributed by atoms with E-state index >= 15 is 0 Å². The zero-order valence-electron chi connectivity index (χ0n) is 11.8. The number of hydrogen-bond donors (Lipinski definition) is 3. The van der Waals surface area contributed by atoms with Crippen molar-refractivity contribution >= 4 is 21.5 Å². The number of nitrogen functional groups attached to an aromatic ring is 1. The summed E-state index contributed by atoms with van der Waals surface area (Å²) in [6.45, 7) is 3.68. The van der Waals surface area contributed by atoms with Crippen LogP contribution < -0.4 is 10.5 Å². The normalized spacial score (nSPS) is 11.1. The van der Waals surface area contributed by atoms with Crippen molar-refractivity contribution in [2.75, 3.05) is 4.72 Å². The van der Waals surface area contributed by atoms with E-state index in [4.69, 9.17) is 11.1 Å². The molecule has 0 fully saturated rings. The molecule has 0 heterocycles. The number of rotatable bonds is 4. The van der Waals surface area contributed by atoms with Crippen molar-refractivity contribution < 1.29 is 8.42 Å². The molecule has 0 aliphatic rings. The van der Waals surface area contributed by atoms with Gasteiger partial charge in [0.05, 0.1) is 4.90 Å². The molecule has 2 aromatic rings. The Labute approximate surface area is 124 Å². The van der Waals surface area contributed by atoms with Crippen molar-refractivity contribution in [2.45, 2.75) is 18.7 Å². The number of aryl methyl sites for hydroxylation is 2. The molecule has 0 spiro atoms. The van der Waals surface area contributed by atoms with E-state index in [0.29, 0.717) is 16.8 Å². The molecule has 0 radical (unpaired) electrons. The van der Waals surface area contributed by atoms with E-state index in [1.807, 2.05) is 13.0 Å². The number of benzene rings is 2. The summed E-state index contributed by atoms with van der Waals surface area (Å²) in [4.78, 5) is 0.253. The average Bonchev–Trinajstić information content (AvgIpc) is 2.38. The summed E-state index contributed by atoms with van der Waals surface area (Å²) < 4.78 is 27.3. The molecule has 2 rings (SSSR count). The lowest BCUT2D eigenvalue weighted by Gasteiger charge is -2.11. The highest BCUT2D eigenvalue weighted by Crippen LogP contribution is 2.20. The average molecular weight is 303 g/mol. The fourth-order valence-corrected chi connectivity index (χ4v) is 3.32. The van der Waals surface area contributed by atoms with Crippen LogP contribution in [-0.2, 0) is 10.0 Å². The van der Waals surface area contributed by atoms with Gasteiger partial charge in [-0.3, -0.25) is 10.1 Å². The molecule has 0 amide bonds. The van der Waals surface area contributed by atoms with Gasteiger partial charge in [0.2, 0.25) is 0 Å². The van der Waals surface area contributed by atoms with Crippen molar-refractivity contribution in [2.24, 2.45) is 5.73 Å². The van der Waals surface area contributed by atoms with Gasteiger partial charge in [-0.2, -0.15) is 0 Å². The number of nitrogens with two attached hydrogens (primary N) is 1. The van der Waals surface area contributed by atoms with E-state index in [1.165, 1.54) is 0 Å². The van der Waals surface area contributed by atoms with Crippen LogP contribution in [0.4, 0.5) is 5.69 Å². The highest BCUT2D eigenvalue weighted by atomic mass is 32.2.